The molecule has 0 unspecified atom stereocenters. The van der Waals surface area contributed by atoms with E-state index in [4.69, 9.17) is 11.6 Å². The highest BCUT2D eigenvalue weighted by Gasteiger charge is 2.04. The van der Waals surface area contributed by atoms with Crippen LogP contribution in [0.15, 0.2) is 0 Å². The Kier molecular flexibility index (Phi) is 2.03. The Morgan fingerprint density at radius 2 is 2.22 bits per heavy atom. The molecule has 9 heavy (non-hydrogen) atoms. The molecule has 1 rings (SSSR count). The second-order valence-corrected chi connectivity index (χ2v) is 3.18. The van der Waals surface area contributed by atoms with Crippen molar-refractivity contribution >= 4 is 23.1 Å². The molecule has 0 aliphatic rings. The summed E-state index contributed by atoms with van der Waals surface area (Å²) in [6.07, 6.45) is 0. The first kappa shape index (κ1) is 6.96. The Labute approximate surface area is 63.1 Å². The van der Waals surface area contributed by atoms with Crippen LogP contribution >= 0.6 is 23.1 Å². The summed E-state index contributed by atoms with van der Waals surface area (Å²) < 4.78 is 3.83. The molecule has 0 saturated carbocycles. The van der Waals surface area contributed by atoms with E-state index in [0.29, 0.717) is 11.2 Å². The molecule has 4 heteroatoms. The van der Waals surface area contributed by atoms with Crippen molar-refractivity contribution < 1.29 is 0 Å². The second kappa shape index (κ2) is 2.62. The van der Waals surface area contributed by atoms with Gasteiger partial charge in [-0.15, -0.1) is 0 Å². The van der Waals surface area contributed by atoms with E-state index in [9.17, 15) is 0 Å². The minimum absolute atomic E-state index is 0.365. The fourth-order valence-electron chi connectivity index (χ4n) is 0.451. The molecule has 0 saturated heterocycles. The number of rotatable bonds is 1. The molecule has 0 N–H and O–H groups in total. The lowest BCUT2D eigenvalue weighted by Crippen LogP contribution is -1.82. The summed E-state index contributed by atoms with van der Waals surface area (Å²) in [4.78, 5) is 3.98. The van der Waals surface area contributed by atoms with Crippen LogP contribution < -0.4 is 0 Å². The van der Waals surface area contributed by atoms with Gasteiger partial charge in [0.2, 0.25) is 5.28 Å². The maximum absolute atomic E-state index is 5.49. The number of hydrogen-bond donors (Lipinski definition) is 0. The van der Waals surface area contributed by atoms with Crippen LogP contribution in [0.4, 0.5) is 0 Å². The Bertz CT molecular complexity index is 197. The molecule has 0 atom stereocenters. The van der Waals surface area contributed by atoms with Crippen molar-refractivity contribution in [2.45, 2.75) is 19.8 Å². The van der Waals surface area contributed by atoms with Gasteiger partial charge in [0.05, 0.1) is 0 Å². The smallest absolute Gasteiger partial charge is 0.210 e. The van der Waals surface area contributed by atoms with E-state index in [1.807, 2.05) is 0 Å². The van der Waals surface area contributed by atoms with Gasteiger partial charge in [-0.3, -0.25) is 0 Å². The zero-order valence-electron chi connectivity index (χ0n) is 5.26. The van der Waals surface area contributed by atoms with E-state index in [2.05, 4.69) is 23.2 Å². The van der Waals surface area contributed by atoms with Crippen LogP contribution in [0.2, 0.25) is 5.28 Å². The third-order valence-electron chi connectivity index (χ3n) is 0.911. The van der Waals surface area contributed by atoms with E-state index in [1.165, 1.54) is 11.5 Å². The summed E-state index contributed by atoms with van der Waals surface area (Å²) in [6.45, 7) is 4.13. The average molecular weight is 163 g/mol. The number of nitrogens with zero attached hydrogens (tertiary/aromatic N) is 2. The zero-order chi connectivity index (χ0) is 6.85. The van der Waals surface area contributed by atoms with E-state index >= 15 is 0 Å². The summed E-state index contributed by atoms with van der Waals surface area (Å²) in [5.74, 6) is 0.440. The molecule has 0 amide bonds. The molecule has 0 aromatic carbocycles. The standard InChI is InChI=1S/C5H7ClN2S/c1-3(2)4-7-5(6)8-9-4/h3H,1-2H3. The molecule has 0 radical (unpaired) electrons. The second-order valence-electron chi connectivity index (χ2n) is 2.06. The minimum atomic E-state index is 0.365. The van der Waals surface area contributed by atoms with Crippen LogP contribution in [0.3, 0.4) is 0 Å². The maximum atomic E-state index is 5.49. The van der Waals surface area contributed by atoms with Crippen LogP contribution in [0.5, 0.6) is 0 Å². The van der Waals surface area contributed by atoms with E-state index < -0.39 is 0 Å². The summed E-state index contributed by atoms with van der Waals surface area (Å²) >= 11 is 6.86. The lowest BCUT2D eigenvalue weighted by molar-refractivity contribution is 0.852. The minimum Gasteiger partial charge on any atom is -0.210 e. The van der Waals surface area contributed by atoms with Gasteiger partial charge >= 0.3 is 0 Å². The lowest BCUT2D eigenvalue weighted by Gasteiger charge is -1.92. The molecule has 0 bridgehead atoms. The van der Waals surface area contributed by atoms with Crippen LogP contribution in [-0.4, -0.2) is 9.36 Å². The van der Waals surface area contributed by atoms with E-state index in [1.54, 1.807) is 0 Å². The quantitative estimate of drug-likeness (QED) is 0.634. The van der Waals surface area contributed by atoms with Crippen molar-refractivity contribution in [1.29, 1.82) is 0 Å². The van der Waals surface area contributed by atoms with Crippen LogP contribution in [0.1, 0.15) is 24.8 Å². The molecular formula is C5H7ClN2S. The van der Waals surface area contributed by atoms with Crippen molar-refractivity contribution in [3.63, 3.8) is 0 Å². The van der Waals surface area contributed by atoms with Crippen LogP contribution in [0, 0.1) is 0 Å². The van der Waals surface area contributed by atoms with Crippen molar-refractivity contribution in [3.8, 4) is 0 Å². The molecule has 0 fully saturated rings. The highest BCUT2D eigenvalue weighted by molar-refractivity contribution is 7.05. The average Bonchev–Trinajstić information content (AvgIpc) is 2.14. The fraction of sp³-hybridized carbons (Fsp3) is 0.600. The number of halogens is 1. The summed E-state index contributed by atoms with van der Waals surface area (Å²) in [5, 5.41) is 1.36. The summed E-state index contributed by atoms with van der Waals surface area (Å²) in [5.41, 5.74) is 0. The third kappa shape index (κ3) is 1.63. The van der Waals surface area contributed by atoms with Gasteiger partial charge in [-0.25, -0.2) is 4.98 Å². The third-order valence-corrected chi connectivity index (χ3v) is 2.19. The first-order valence-corrected chi connectivity index (χ1v) is 3.84. The first-order chi connectivity index (χ1) is 4.20. The number of aromatic nitrogens is 2. The predicted molar refractivity (Wildman–Crippen MR) is 39.0 cm³/mol. The monoisotopic (exact) mass is 162 g/mol. The van der Waals surface area contributed by atoms with Crippen molar-refractivity contribution in [2.24, 2.45) is 0 Å². The highest BCUT2D eigenvalue weighted by Crippen LogP contribution is 2.17. The molecule has 1 aromatic rings. The van der Waals surface area contributed by atoms with Gasteiger partial charge in [0, 0.05) is 5.92 Å². The Morgan fingerprint density at radius 1 is 1.56 bits per heavy atom. The van der Waals surface area contributed by atoms with Gasteiger partial charge < -0.3 is 0 Å². The van der Waals surface area contributed by atoms with Gasteiger partial charge in [-0.1, -0.05) is 13.8 Å². The molecule has 2 nitrogen and oxygen atoms in total. The molecule has 0 aliphatic carbocycles. The SMILES string of the molecule is CC(C)c1nc(Cl)ns1. The summed E-state index contributed by atoms with van der Waals surface area (Å²) in [6, 6.07) is 0. The van der Waals surface area contributed by atoms with Gasteiger partial charge in [0.25, 0.3) is 0 Å². The van der Waals surface area contributed by atoms with Crippen LogP contribution in [0.25, 0.3) is 0 Å². The molecule has 0 spiro atoms. The largest absolute Gasteiger partial charge is 0.234 e. The topological polar surface area (TPSA) is 25.8 Å². The normalized spacial score (nSPS) is 10.7. The predicted octanol–water partition coefficient (Wildman–Crippen LogP) is 2.31. The Morgan fingerprint density at radius 3 is 2.44 bits per heavy atom. The Balaban J connectivity index is 2.85. The van der Waals surface area contributed by atoms with Crippen molar-refractivity contribution in [1.82, 2.24) is 9.36 Å². The van der Waals surface area contributed by atoms with Crippen molar-refractivity contribution in [2.75, 3.05) is 0 Å². The zero-order valence-corrected chi connectivity index (χ0v) is 6.83. The maximum Gasteiger partial charge on any atom is 0.234 e. The Hall–Kier alpha value is -0.150. The molecular weight excluding hydrogens is 156 g/mol. The highest BCUT2D eigenvalue weighted by atomic mass is 35.5. The molecule has 1 heterocycles. The van der Waals surface area contributed by atoms with Gasteiger partial charge in [-0.05, 0) is 23.1 Å². The molecule has 1 aromatic heterocycles. The first-order valence-electron chi connectivity index (χ1n) is 2.69. The molecule has 50 valence electrons. The van der Waals surface area contributed by atoms with Crippen molar-refractivity contribution in [3.05, 3.63) is 10.3 Å². The molecule has 0 aliphatic heterocycles. The van der Waals surface area contributed by atoms with E-state index in [0.717, 1.165) is 5.01 Å². The summed E-state index contributed by atoms with van der Waals surface area (Å²) in [7, 11) is 0. The van der Waals surface area contributed by atoms with Gasteiger partial charge in [0.1, 0.15) is 5.01 Å². The fourth-order valence-corrected chi connectivity index (χ4v) is 1.24. The lowest BCUT2D eigenvalue weighted by atomic mass is 10.2. The van der Waals surface area contributed by atoms with Crippen LogP contribution in [-0.2, 0) is 0 Å². The van der Waals surface area contributed by atoms with Gasteiger partial charge in [0.15, 0.2) is 0 Å². The number of hydrogen-bond acceptors (Lipinski definition) is 3. The van der Waals surface area contributed by atoms with Gasteiger partial charge in [-0.2, -0.15) is 4.37 Å². The van der Waals surface area contributed by atoms with E-state index in [-0.39, 0.29) is 0 Å².